The Bertz CT molecular complexity index is 1440. The molecule has 2 atom stereocenters. The van der Waals surface area contributed by atoms with Crippen LogP contribution in [0.5, 0.6) is 11.5 Å². The summed E-state index contributed by atoms with van der Waals surface area (Å²) in [5, 5.41) is 9.78. The highest BCUT2D eigenvalue weighted by Crippen LogP contribution is 2.29. The quantitative estimate of drug-likeness (QED) is 0.262. The zero-order valence-corrected chi connectivity index (χ0v) is 22.4. The molecule has 40 heavy (non-hydrogen) atoms. The normalized spacial score (nSPS) is 16.6. The van der Waals surface area contributed by atoms with Gasteiger partial charge >= 0.3 is 12.1 Å². The number of benzene rings is 3. The number of carboxylic acids is 1. The summed E-state index contributed by atoms with van der Waals surface area (Å²) in [5.41, 5.74) is 2.86. The molecule has 0 saturated carbocycles. The molecule has 3 aromatic carbocycles. The van der Waals surface area contributed by atoms with Gasteiger partial charge < -0.3 is 23.9 Å². The number of likely N-dealkylation sites (tertiary alicyclic amines) is 1. The number of ether oxygens (including phenoxy) is 2. The second-order valence-electron chi connectivity index (χ2n) is 9.96. The molecule has 5 rings (SSSR count). The first kappa shape index (κ1) is 27.0. The van der Waals surface area contributed by atoms with Gasteiger partial charge in [-0.15, -0.1) is 0 Å². The molecule has 0 bridgehead atoms. The van der Waals surface area contributed by atoms with E-state index in [4.69, 9.17) is 13.9 Å². The van der Waals surface area contributed by atoms with Crippen molar-refractivity contribution < 1.29 is 28.6 Å². The van der Waals surface area contributed by atoms with Crippen LogP contribution in [0.3, 0.4) is 0 Å². The number of hydrogen-bond donors (Lipinski definition) is 1. The van der Waals surface area contributed by atoms with E-state index in [1.165, 1.54) is 4.90 Å². The fourth-order valence-corrected chi connectivity index (χ4v) is 5.02. The molecule has 206 valence electrons. The molecule has 0 unspecified atom stereocenters. The van der Waals surface area contributed by atoms with Crippen molar-refractivity contribution in [3.8, 4) is 23.0 Å². The summed E-state index contributed by atoms with van der Waals surface area (Å²) in [4.78, 5) is 30.7. The summed E-state index contributed by atoms with van der Waals surface area (Å²) in [6, 6.07) is 26.4. The van der Waals surface area contributed by atoms with Gasteiger partial charge in [0.2, 0.25) is 5.89 Å². The molecule has 1 saturated heterocycles. The molecule has 0 aliphatic carbocycles. The van der Waals surface area contributed by atoms with E-state index in [1.807, 2.05) is 67.6 Å². The second-order valence-corrected chi connectivity index (χ2v) is 9.96. The number of carbonyl (C=O) groups excluding carboxylic acids is 1. The van der Waals surface area contributed by atoms with Crippen LogP contribution in [0.2, 0.25) is 0 Å². The van der Waals surface area contributed by atoms with Gasteiger partial charge in [0.1, 0.15) is 17.3 Å². The van der Waals surface area contributed by atoms with Gasteiger partial charge in [0.15, 0.2) is 0 Å². The Kier molecular flexibility index (Phi) is 8.44. The molecule has 1 fully saturated rings. The Balaban J connectivity index is 1.13. The van der Waals surface area contributed by atoms with Crippen molar-refractivity contribution >= 4 is 12.1 Å². The smallest absolute Gasteiger partial charge is 0.415 e. The summed E-state index contributed by atoms with van der Waals surface area (Å²) >= 11 is 0. The number of aliphatic carboxylic acids is 1. The van der Waals surface area contributed by atoms with E-state index in [9.17, 15) is 14.7 Å². The van der Waals surface area contributed by atoms with Crippen LogP contribution in [-0.4, -0.2) is 46.7 Å². The highest BCUT2D eigenvalue weighted by Gasteiger charge is 2.40. The minimum absolute atomic E-state index is 0.141. The van der Waals surface area contributed by atoms with Crippen LogP contribution in [0.25, 0.3) is 11.5 Å². The summed E-state index contributed by atoms with van der Waals surface area (Å²) in [5.74, 6) is 0.881. The van der Waals surface area contributed by atoms with Crippen molar-refractivity contribution in [3.05, 3.63) is 102 Å². The first-order valence-electron chi connectivity index (χ1n) is 13.4. The topological polar surface area (TPSA) is 102 Å². The van der Waals surface area contributed by atoms with Crippen LogP contribution in [0, 0.1) is 18.8 Å². The lowest BCUT2D eigenvalue weighted by Crippen LogP contribution is -2.32. The van der Waals surface area contributed by atoms with Gasteiger partial charge in [-0.25, -0.2) is 9.78 Å². The van der Waals surface area contributed by atoms with Gasteiger partial charge in [0.25, 0.3) is 0 Å². The lowest BCUT2D eigenvalue weighted by molar-refractivity contribution is -0.142. The van der Waals surface area contributed by atoms with E-state index in [0.29, 0.717) is 44.1 Å². The lowest BCUT2D eigenvalue weighted by Gasteiger charge is -2.16. The number of aryl methyl sites for hydroxylation is 2. The van der Waals surface area contributed by atoms with Crippen molar-refractivity contribution in [2.24, 2.45) is 11.8 Å². The first-order valence-corrected chi connectivity index (χ1v) is 13.4. The largest absolute Gasteiger partial charge is 0.493 e. The number of oxazole rings is 1. The van der Waals surface area contributed by atoms with E-state index in [-0.39, 0.29) is 12.5 Å². The average molecular weight is 541 g/mol. The van der Waals surface area contributed by atoms with Crippen molar-refractivity contribution in [2.75, 3.05) is 19.7 Å². The molecule has 2 heterocycles. The lowest BCUT2D eigenvalue weighted by atomic mass is 9.90. The van der Waals surface area contributed by atoms with E-state index in [2.05, 4.69) is 4.98 Å². The van der Waals surface area contributed by atoms with Crippen LogP contribution in [0.1, 0.15) is 23.4 Å². The second kappa shape index (κ2) is 12.5. The monoisotopic (exact) mass is 540 g/mol. The predicted octanol–water partition coefficient (Wildman–Crippen LogP) is 6.04. The summed E-state index contributed by atoms with van der Waals surface area (Å²) in [7, 11) is 0. The van der Waals surface area contributed by atoms with Gasteiger partial charge in [0.05, 0.1) is 18.2 Å². The maximum absolute atomic E-state index is 12.6. The Morgan fingerprint density at radius 3 is 2.42 bits per heavy atom. The van der Waals surface area contributed by atoms with Crippen LogP contribution in [0.15, 0.2) is 89.3 Å². The third kappa shape index (κ3) is 6.69. The molecule has 0 radical (unpaired) electrons. The summed E-state index contributed by atoms with van der Waals surface area (Å²) in [6.07, 6.45) is 1.41. The zero-order chi connectivity index (χ0) is 27.9. The Hall–Kier alpha value is -4.59. The number of nitrogens with zero attached hydrogens (tertiary/aromatic N) is 2. The maximum atomic E-state index is 12.6. The van der Waals surface area contributed by atoms with Crippen molar-refractivity contribution in [2.45, 2.75) is 26.2 Å². The third-order valence-corrected chi connectivity index (χ3v) is 7.19. The zero-order valence-electron chi connectivity index (χ0n) is 22.4. The fraction of sp³-hybridized carbons (Fsp3) is 0.281. The molecule has 1 aromatic heterocycles. The van der Waals surface area contributed by atoms with Crippen molar-refractivity contribution in [3.63, 3.8) is 0 Å². The highest BCUT2D eigenvalue weighted by molar-refractivity contribution is 5.75. The van der Waals surface area contributed by atoms with Crippen LogP contribution >= 0.6 is 0 Å². The SMILES string of the molecule is Cc1oc(-c2ccccc2)nc1CCOc1cccc(CC[C@H]2CN(C(=O)Oc3ccccc3)C[C@H]2C(=O)O)c1. The molecular formula is C32H32N2O6. The van der Waals surface area contributed by atoms with Crippen LogP contribution in [0.4, 0.5) is 4.79 Å². The van der Waals surface area contributed by atoms with Gasteiger partial charge in [-0.3, -0.25) is 4.79 Å². The van der Waals surface area contributed by atoms with Crippen molar-refractivity contribution in [1.29, 1.82) is 0 Å². The molecule has 4 aromatic rings. The number of amides is 1. The molecule has 1 aliphatic rings. The van der Waals surface area contributed by atoms with Gasteiger partial charge in [-0.2, -0.15) is 0 Å². The minimum Gasteiger partial charge on any atom is -0.493 e. The number of aromatic nitrogens is 1. The molecule has 1 amide bonds. The summed E-state index contributed by atoms with van der Waals surface area (Å²) in [6.45, 7) is 2.85. The maximum Gasteiger partial charge on any atom is 0.415 e. The Labute approximate surface area is 233 Å². The van der Waals surface area contributed by atoms with E-state index in [1.54, 1.807) is 24.3 Å². The first-order chi connectivity index (χ1) is 19.5. The van der Waals surface area contributed by atoms with Crippen LogP contribution < -0.4 is 9.47 Å². The molecule has 8 nitrogen and oxygen atoms in total. The number of carboxylic acid groups (broad SMARTS) is 1. The molecular weight excluding hydrogens is 508 g/mol. The van der Waals surface area contributed by atoms with Gasteiger partial charge in [-0.1, -0.05) is 48.5 Å². The molecule has 0 spiro atoms. The average Bonchev–Trinajstić information content (AvgIpc) is 3.57. The van der Waals surface area contributed by atoms with E-state index in [0.717, 1.165) is 28.3 Å². The highest BCUT2D eigenvalue weighted by atomic mass is 16.6. The standard InChI is InChI=1S/C32H32N2O6/c1-22-29(33-30(39-22)24-10-4-2-5-11-24)17-18-38-27-14-8-9-23(19-27)15-16-25-20-34(21-28(25)31(35)36)32(37)40-26-12-6-3-7-13-26/h2-14,19,25,28H,15-18,20-21H2,1H3,(H,35,36)/t25-,28+/m0/s1. The van der Waals surface area contributed by atoms with Gasteiger partial charge in [0, 0.05) is 25.1 Å². The van der Waals surface area contributed by atoms with Gasteiger partial charge in [-0.05, 0) is 67.6 Å². The van der Waals surface area contributed by atoms with Crippen LogP contribution in [-0.2, 0) is 17.6 Å². The Morgan fingerprint density at radius 2 is 1.68 bits per heavy atom. The molecule has 1 N–H and O–H groups in total. The third-order valence-electron chi connectivity index (χ3n) is 7.19. The Morgan fingerprint density at radius 1 is 0.950 bits per heavy atom. The predicted molar refractivity (Wildman–Crippen MR) is 149 cm³/mol. The number of para-hydroxylation sites is 1. The van der Waals surface area contributed by atoms with E-state index >= 15 is 0 Å². The molecule has 8 heteroatoms. The minimum atomic E-state index is -0.893. The fourth-order valence-electron chi connectivity index (χ4n) is 5.02. The number of carbonyl (C=O) groups is 2. The van der Waals surface area contributed by atoms with E-state index < -0.39 is 18.0 Å². The summed E-state index contributed by atoms with van der Waals surface area (Å²) < 4.78 is 17.3. The number of hydrogen-bond acceptors (Lipinski definition) is 6. The number of rotatable bonds is 10. The molecule has 1 aliphatic heterocycles. The van der Waals surface area contributed by atoms with Crippen molar-refractivity contribution in [1.82, 2.24) is 9.88 Å².